The summed E-state index contributed by atoms with van der Waals surface area (Å²) in [5.74, 6) is 0.152. The minimum atomic E-state index is -3.08. The molecule has 4 heteroatoms. The van der Waals surface area contributed by atoms with E-state index in [2.05, 4.69) is 15.9 Å². The Bertz CT molecular complexity index is 424. The molecule has 0 saturated carbocycles. The molecule has 0 amide bonds. The van der Waals surface area contributed by atoms with E-state index in [1.54, 1.807) is 13.0 Å². The minimum Gasteiger partial charge on any atom is -0.224 e. The van der Waals surface area contributed by atoms with Crippen LogP contribution in [-0.2, 0) is 15.2 Å². The smallest absolute Gasteiger partial charge is 0.178 e. The van der Waals surface area contributed by atoms with Crippen molar-refractivity contribution >= 4 is 25.8 Å². The number of alkyl halides is 1. The molecule has 0 fully saturated rings. The Labute approximate surface area is 93.4 Å². The maximum Gasteiger partial charge on any atom is 0.178 e. The molecular weight excluding hydrogens is 264 g/mol. The molecule has 14 heavy (non-hydrogen) atoms. The van der Waals surface area contributed by atoms with Crippen LogP contribution < -0.4 is 0 Å². The maximum absolute atomic E-state index is 11.7. The van der Waals surface area contributed by atoms with Crippen molar-refractivity contribution in [1.82, 2.24) is 0 Å². The van der Waals surface area contributed by atoms with E-state index in [0.717, 1.165) is 11.1 Å². The zero-order valence-electron chi connectivity index (χ0n) is 8.25. The molecule has 0 aliphatic rings. The molecule has 0 radical (unpaired) electrons. The van der Waals surface area contributed by atoms with Gasteiger partial charge in [0.05, 0.1) is 10.6 Å². The summed E-state index contributed by atoms with van der Waals surface area (Å²) in [4.78, 5) is 0.456. The summed E-state index contributed by atoms with van der Waals surface area (Å²) in [6, 6.07) is 5.51. The lowest BCUT2D eigenvalue weighted by Crippen LogP contribution is -2.06. The predicted molar refractivity (Wildman–Crippen MR) is 61.5 cm³/mol. The van der Waals surface area contributed by atoms with Gasteiger partial charge in [0, 0.05) is 5.33 Å². The number of halogens is 1. The van der Waals surface area contributed by atoms with Crippen LogP contribution in [0, 0.1) is 6.92 Å². The van der Waals surface area contributed by atoms with Gasteiger partial charge >= 0.3 is 0 Å². The zero-order chi connectivity index (χ0) is 10.8. The first-order chi connectivity index (χ1) is 6.51. The highest BCUT2D eigenvalue weighted by Crippen LogP contribution is 2.19. The van der Waals surface area contributed by atoms with Crippen LogP contribution in [0.15, 0.2) is 23.1 Å². The third-order valence-electron chi connectivity index (χ3n) is 2.12. The van der Waals surface area contributed by atoms with Crippen LogP contribution in [0.25, 0.3) is 0 Å². The van der Waals surface area contributed by atoms with Crippen molar-refractivity contribution in [2.75, 3.05) is 5.75 Å². The second kappa shape index (κ2) is 4.45. The molecule has 1 aromatic rings. The fourth-order valence-electron chi connectivity index (χ4n) is 1.22. The maximum atomic E-state index is 11.7. The topological polar surface area (TPSA) is 34.1 Å². The molecule has 0 atom stereocenters. The van der Waals surface area contributed by atoms with Crippen LogP contribution in [0.5, 0.6) is 0 Å². The Kier molecular flexibility index (Phi) is 3.72. The second-order valence-corrected chi connectivity index (χ2v) is 5.94. The van der Waals surface area contributed by atoms with E-state index in [9.17, 15) is 8.42 Å². The first-order valence-corrected chi connectivity index (χ1v) is 7.17. The summed E-state index contributed by atoms with van der Waals surface area (Å²) in [5.41, 5.74) is 1.80. The lowest BCUT2D eigenvalue weighted by molar-refractivity contribution is 0.596. The number of rotatable bonds is 3. The monoisotopic (exact) mass is 276 g/mol. The van der Waals surface area contributed by atoms with Crippen LogP contribution in [0.2, 0.25) is 0 Å². The normalized spacial score (nSPS) is 11.6. The van der Waals surface area contributed by atoms with Crippen LogP contribution in [0.4, 0.5) is 0 Å². The molecule has 0 aliphatic heterocycles. The Morgan fingerprint density at radius 2 is 2.00 bits per heavy atom. The molecule has 2 nitrogen and oxygen atoms in total. The Balaban J connectivity index is 3.33. The van der Waals surface area contributed by atoms with Crippen LogP contribution in [0.1, 0.15) is 18.1 Å². The van der Waals surface area contributed by atoms with Gasteiger partial charge in [-0.05, 0) is 24.1 Å². The molecule has 0 aliphatic carbocycles. The Hall–Kier alpha value is -0.350. The first-order valence-electron chi connectivity index (χ1n) is 4.39. The molecule has 0 heterocycles. The molecular formula is C10H13BrO2S. The SMILES string of the molecule is CCS(=O)(=O)c1cc(CBr)ccc1C. The van der Waals surface area contributed by atoms with Gasteiger partial charge in [0.25, 0.3) is 0 Å². The number of sulfone groups is 1. The largest absolute Gasteiger partial charge is 0.224 e. The average molecular weight is 277 g/mol. The zero-order valence-corrected chi connectivity index (χ0v) is 10.7. The van der Waals surface area contributed by atoms with Crippen molar-refractivity contribution in [2.45, 2.75) is 24.1 Å². The van der Waals surface area contributed by atoms with Crippen molar-refractivity contribution in [3.8, 4) is 0 Å². The van der Waals surface area contributed by atoms with Crippen LogP contribution in [-0.4, -0.2) is 14.2 Å². The fraction of sp³-hybridized carbons (Fsp3) is 0.400. The van der Waals surface area contributed by atoms with E-state index in [1.807, 2.05) is 19.1 Å². The number of aryl methyl sites for hydroxylation is 1. The van der Waals surface area contributed by atoms with Gasteiger partial charge in [-0.25, -0.2) is 8.42 Å². The molecule has 0 N–H and O–H groups in total. The van der Waals surface area contributed by atoms with E-state index in [0.29, 0.717) is 10.2 Å². The van der Waals surface area contributed by atoms with Crippen LogP contribution >= 0.6 is 15.9 Å². The van der Waals surface area contributed by atoms with Crippen molar-refractivity contribution in [1.29, 1.82) is 0 Å². The summed E-state index contributed by atoms with van der Waals surface area (Å²) >= 11 is 3.31. The minimum absolute atomic E-state index is 0.152. The predicted octanol–water partition coefficient (Wildman–Crippen LogP) is 2.68. The summed E-state index contributed by atoms with van der Waals surface area (Å²) in [7, 11) is -3.08. The van der Waals surface area contributed by atoms with Gasteiger partial charge in [0.15, 0.2) is 9.84 Å². The standard InChI is InChI=1S/C10H13BrO2S/c1-3-14(12,13)10-6-9(7-11)5-4-8(10)2/h4-6H,3,7H2,1-2H3. The molecule has 1 rings (SSSR count). The number of hydrogen-bond acceptors (Lipinski definition) is 2. The van der Waals surface area contributed by atoms with Crippen molar-refractivity contribution in [3.63, 3.8) is 0 Å². The molecule has 0 spiro atoms. The van der Waals surface area contributed by atoms with E-state index < -0.39 is 9.84 Å². The first kappa shape index (κ1) is 11.7. The van der Waals surface area contributed by atoms with Gasteiger partial charge in [-0.2, -0.15) is 0 Å². The summed E-state index contributed by atoms with van der Waals surface area (Å²) in [5, 5.41) is 0.680. The van der Waals surface area contributed by atoms with Gasteiger partial charge in [-0.3, -0.25) is 0 Å². The van der Waals surface area contributed by atoms with Gasteiger partial charge < -0.3 is 0 Å². The second-order valence-electron chi connectivity index (χ2n) is 3.14. The van der Waals surface area contributed by atoms with E-state index in [-0.39, 0.29) is 5.75 Å². The third kappa shape index (κ3) is 2.36. The lowest BCUT2D eigenvalue weighted by Gasteiger charge is -2.06. The molecule has 0 aromatic heterocycles. The van der Waals surface area contributed by atoms with Crippen LogP contribution in [0.3, 0.4) is 0 Å². The number of benzene rings is 1. The van der Waals surface area contributed by atoms with Crippen molar-refractivity contribution in [2.24, 2.45) is 0 Å². The Morgan fingerprint density at radius 1 is 1.36 bits per heavy atom. The summed E-state index contributed by atoms with van der Waals surface area (Å²) < 4.78 is 23.3. The third-order valence-corrected chi connectivity index (χ3v) is 4.64. The molecule has 1 aromatic carbocycles. The highest BCUT2D eigenvalue weighted by Gasteiger charge is 2.14. The number of hydrogen-bond donors (Lipinski definition) is 0. The molecule has 0 unspecified atom stereocenters. The molecule has 0 bridgehead atoms. The van der Waals surface area contributed by atoms with E-state index in [1.165, 1.54) is 0 Å². The highest BCUT2D eigenvalue weighted by atomic mass is 79.9. The van der Waals surface area contributed by atoms with Crippen molar-refractivity contribution in [3.05, 3.63) is 29.3 Å². The fourth-order valence-corrected chi connectivity index (χ4v) is 2.77. The van der Waals surface area contributed by atoms with E-state index in [4.69, 9.17) is 0 Å². The van der Waals surface area contributed by atoms with Gasteiger partial charge in [0.1, 0.15) is 0 Å². The van der Waals surface area contributed by atoms with Gasteiger partial charge in [-0.1, -0.05) is 35.0 Å². The Morgan fingerprint density at radius 3 is 2.50 bits per heavy atom. The molecule has 0 saturated heterocycles. The highest BCUT2D eigenvalue weighted by molar-refractivity contribution is 9.08. The molecule has 78 valence electrons. The lowest BCUT2D eigenvalue weighted by atomic mass is 10.2. The average Bonchev–Trinajstić information content (AvgIpc) is 2.18. The summed E-state index contributed by atoms with van der Waals surface area (Å²) in [6.07, 6.45) is 0. The quantitative estimate of drug-likeness (QED) is 0.796. The van der Waals surface area contributed by atoms with Crippen molar-refractivity contribution < 1.29 is 8.42 Å². The van der Waals surface area contributed by atoms with Gasteiger partial charge in [-0.15, -0.1) is 0 Å². The summed E-state index contributed by atoms with van der Waals surface area (Å²) in [6.45, 7) is 3.48. The van der Waals surface area contributed by atoms with E-state index >= 15 is 0 Å². The van der Waals surface area contributed by atoms with Gasteiger partial charge in [0.2, 0.25) is 0 Å².